The summed E-state index contributed by atoms with van der Waals surface area (Å²) in [5.41, 5.74) is 0.358. The Morgan fingerprint density at radius 1 is 1.28 bits per heavy atom. The first-order valence-electron chi connectivity index (χ1n) is 7.72. The summed E-state index contributed by atoms with van der Waals surface area (Å²) in [6.07, 6.45) is 2.83. The zero-order valence-corrected chi connectivity index (χ0v) is 12.7. The van der Waals surface area contributed by atoms with Crippen molar-refractivity contribution in [1.82, 2.24) is 15.1 Å². The molecule has 2 fully saturated rings. The fourth-order valence-corrected chi connectivity index (χ4v) is 3.49. The summed E-state index contributed by atoms with van der Waals surface area (Å²) in [6.45, 7) is 16.8. The molecule has 18 heavy (non-hydrogen) atoms. The van der Waals surface area contributed by atoms with Crippen molar-refractivity contribution in [3.05, 3.63) is 0 Å². The molecule has 0 aromatic carbocycles. The Bertz CT molecular complexity index is 264. The molecule has 2 aliphatic heterocycles. The van der Waals surface area contributed by atoms with Gasteiger partial charge >= 0.3 is 0 Å². The highest BCUT2D eigenvalue weighted by molar-refractivity contribution is 4.90. The van der Waals surface area contributed by atoms with E-state index >= 15 is 0 Å². The molecule has 3 heteroatoms. The van der Waals surface area contributed by atoms with Gasteiger partial charge in [-0.3, -0.25) is 9.80 Å². The Kier molecular flexibility index (Phi) is 4.68. The Balaban J connectivity index is 1.85. The Labute approximate surface area is 113 Å². The van der Waals surface area contributed by atoms with Gasteiger partial charge in [0.1, 0.15) is 0 Å². The Morgan fingerprint density at radius 3 is 2.78 bits per heavy atom. The fourth-order valence-electron chi connectivity index (χ4n) is 3.49. The van der Waals surface area contributed by atoms with Crippen molar-refractivity contribution in [2.24, 2.45) is 5.41 Å². The lowest BCUT2D eigenvalue weighted by Gasteiger charge is -2.43. The van der Waals surface area contributed by atoms with Crippen molar-refractivity contribution in [3.63, 3.8) is 0 Å². The van der Waals surface area contributed by atoms with Crippen molar-refractivity contribution in [2.45, 2.75) is 52.6 Å². The largest absolute Gasteiger partial charge is 0.314 e. The minimum Gasteiger partial charge on any atom is -0.314 e. The molecule has 0 aliphatic carbocycles. The second-order valence-electron chi connectivity index (χ2n) is 6.84. The van der Waals surface area contributed by atoms with E-state index in [-0.39, 0.29) is 0 Å². The van der Waals surface area contributed by atoms with Gasteiger partial charge in [-0.25, -0.2) is 0 Å². The molecule has 0 saturated carbocycles. The maximum Gasteiger partial charge on any atom is 0.0224 e. The molecule has 106 valence electrons. The van der Waals surface area contributed by atoms with Crippen LogP contribution in [0.3, 0.4) is 0 Å². The highest BCUT2D eigenvalue weighted by atomic mass is 15.3. The van der Waals surface area contributed by atoms with E-state index in [2.05, 4.69) is 42.8 Å². The van der Waals surface area contributed by atoms with Gasteiger partial charge in [-0.05, 0) is 38.3 Å². The van der Waals surface area contributed by atoms with Crippen LogP contribution in [0.25, 0.3) is 0 Å². The smallest absolute Gasteiger partial charge is 0.0224 e. The molecule has 2 heterocycles. The van der Waals surface area contributed by atoms with E-state index in [9.17, 15) is 0 Å². The summed E-state index contributed by atoms with van der Waals surface area (Å²) in [5, 5.41) is 3.58. The molecule has 2 atom stereocenters. The van der Waals surface area contributed by atoms with Gasteiger partial charge in [-0.15, -0.1) is 0 Å². The molecule has 1 N–H and O–H groups in total. The van der Waals surface area contributed by atoms with E-state index < -0.39 is 0 Å². The highest BCUT2D eigenvalue weighted by Gasteiger charge is 2.34. The van der Waals surface area contributed by atoms with Crippen LogP contribution in [0.5, 0.6) is 0 Å². The standard InChI is InChI=1S/C15H31N3/c1-5-16-13(2)15(3,4)12-17-9-10-18-8-6-7-14(18)11-17/h13-14,16H,5-12H2,1-4H3. The maximum atomic E-state index is 3.58. The summed E-state index contributed by atoms with van der Waals surface area (Å²) < 4.78 is 0. The molecule has 0 aromatic rings. The van der Waals surface area contributed by atoms with Crippen LogP contribution in [-0.2, 0) is 0 Å². The van der Waals surface area contributed by atoms with Crippen molar-refractivity contribution < 1.29 is 0 Å². The number of nitrogens with one attached hydrogen (secondary N) is 1. The lowest BCUT2D eigenvalue weighted by Crippen LogP contribution is -2.54. The van der Waals surface area contributed by atoms with Crippen LogP contribution in [-0.4, -0.2) is 61.2 Å². The molecule has 0 spiro atoms. The molecule has 0 amide bonds. The van der Waals surface area contributed by atoms with Crippen LogP contribution >= 0.6 is 0 Å². The van der Waals surface area contributed by atoms with Gasteiger partial charge in [0.15, 0.2) is 0 Å². The second kappa shape index (κ2) is 5.89. The molecular weight excluding hydrogens is 222 g/mol. The molecule has 2 rings (SSSR count). The fraction of sp³-hybridized carbons (Fsp3) is 1.00. The average Bonchev–Trinajstić information content (AvgIpc) is 2.76. The van der Waals surface area contributed by atoms with Gasteiger partial charge < -0.3 is 5.32 Å². The van der Waals surface area contributed by atoms with Crippen LogP contribution < -0.4 is 5.32 Å². The van der Waals surface area contributed by atoms with Crippen molar-refractivity contribution in [3.8, 4) is 0 Å². The van der Waals surface area contributed by atoms with E-state index in [1.54, 1.807) is 0 Å². The van der Waals surface area contributed by atoms with Gasteiger partial charge in [0.25, 0.3) is 0 Å². The van der Waals surface area contributed by atoms with Crippen LogP contribution in [0, 0.1) is 5.41 Å². The Hall–Kier alpha value is -0.120. The molecule has 0 radical (unpaired) electrons. The number of rotatable bonds is 5. The zero-order chi connectivity index (χ0) is 13.2. The van der Waals surface area contributed by atoms with E-state index in [0.717, 1.165) is 12.6 Å². The summed E-state index contributed by atoms with van der Waals surface area (Å²) in [6, 6.07) is 1.44. The Morgan fingerprint density at radius 2 is 2.06 bits per heavy atom. The number of hydrogen-bond acceptors (Lipinski definition) is 3. The second-order valence-corrected chi connectivity index (χ2v) is 6.84. The topological polar surface area (TPSA) is 18.5 Å². The van der Waals surface area contributed by atoms with Gasteiger partial charge in [-0.2, -0.15) is 0 Å². The summed E-state index contributed by atoms with van der Waals surface area (Å²) in [7, 11) is 0. The minimum absolute atomic E-state index is 0.358. The lowest BCUT2D eigenvalue weighted by atomic mass is 9.84. The number of piperazine rings is 1. The van der Waals surface area contributed by atoms with E-state index in [1.807, 2.05) is 0 Å². The van der Waals surface area contributed by atoms with E-state index in [1.165, 1.54) is 45.6 Å². The average molecular weight is 253 g/mol. The van der Waals surface area contributed by atoms with Crippen LogP contribution in [0.15, 0.2) is 0 Å². The van der Waals surface area contributed by atoms with E-state index in [4.69, 9.17) is 0 Å². The van der Waals surface area contributed by atoms with Crippen molar-refractivity contribution in [2.75, 3.05) is 39.3 Å². The van der Waals surface area contributed by atoms with Crippen molar-refractivity contribution >= 4 is 0 Å². The normalized spacial score (nSPS) is 28.3. The maximum absolute atomic E-state index is 3.58. The molecule has 0 bridgehead atoms. The minimum atomic E-state index is 0.358. The first-order chi connectivity index (χ1) is 8.53. The number of nitrogens with zero attached hydrogens (tertiary/aromatic N) is 2. The third-order valence-corrected chi connectivity index (χ3v) is 4.99. The van der Waals surface area contributed by atoms with Gasteiger partial charge in [0.05, 0.1) is 0 Å². The SMILES string of the molecule is CCNC(C)C(C)(C)CN1CCN2CCCC2C1. The predicted octanol–water partition coefficient (Wildman–Crippen LogP) is 1.79. The van der Waals surface area contributed by atoms with Crippen LogP contribution in [0.2, 0.25) is 0 Å². The molecule has 3 nitrogen and oxygen atoms in total. The molecule has 2 unspecified atom stereocenters. The molecular formula is C15H31N3. The van der Waals surface area contributed by atoms with Gasteiger partial charge in [0.2, 0.25) is 0 Å². The summed E-state index contributed by atoms with van der Waals surface area (Å²) >= 11 is 0. The predicted molar refractivity (Wildman–Crippen MR) is 78.0 cm³/mol. The van der Waals surface area contributed by atoms with E-state index in [0.29, 0.717) is 11.5 Å². The highest BCUT2D eigenvalue weighted by Crippen LogP contribution is 2.26. The molecule has 2 saturated heterocycles. The number of hydrogen-bond donors (Lipinski definition) is 1. The first-order valence-corrected chi connectivity index (χ1v) is 7.72. The van der Waals surface area contributed by atoms with Crippen molar-refractivity contribution in [1.29, 1.82) is 0 Å². The quantitative estimate of drug-likeness (QED) is 0.806. The molecule has 0 aromatic heterocycles. The first kappa shape index (κ1) is 14.3. The lowest BCUT2D eigenvalue weighted by molar-refractivity contribution is 0.0639. The summed E-state index contributed by atoms with van der Waals surface area (Å²) in [5.74, 6) is 0. The number of fused-ring (bicyclic) bond motifs is 1. The van der Waals surface area contributed by atoms with Crippen LogP contribution in [0.1, 0.15) is 40.5 Å². The third-order valence-electron chi connectivity index (χ3n) is 4.99. The summed E-state index contributed by atoms with van der Waals surface area (Å²) in [4.78, 5) is 5.39. The third kappa shape index (κ3) is 3.25. The van der Waals surface area contributed by atoms with Gasteiger partial charge in [0, 0.05) is 38.3 Å². The molecule has 2 aliphatic rings. The monoisotopic (exact) mass is 253 g/mol. The van der Waals surface area contributed by atoms with Crippen LogP contribution in [0.4, 0.5) is 0 Å². The zero-order valence-electron chi connectivity index (χ0n) is 12.7. The van der Waals surface area contributed by atoms with Gasteiger partial charge in [-0.1, -0.05) is 20.8 Å².